The maximum atomic E-state index is 12.3. The molecular weight excluding hydrogens is 372 g/mol. The molecule has 1 amide bonds. The highest BCUT2D eigenvalue weighted by atomic mass is 16.5. The highest BCUT2D eigenvalue weighted by Gasteiger charge is 2.24. The van der Waals surface area contributed by atoms with Gasteiger partial charge in [-0.1, -0.05) is 18.2 Å². The maximum absolute atomic E-state index is 12.3. The molecule has 0 aromatic heterocycles. The SMILES string of the molecule is C=CCOC(CN1CCN(C(=O)CCCC(=O)OC)CC1)c1cccc(OC)c1. The second-order valence-corrected chi connectivity index (χ2v) is 7.00. The lowest BCUT2D eigenvalue weighted by molar-refractivity contribution is -0.141. The molecule has 1 saturated heterocycles. The first kappa shape index (κ1) is 22.9. The summed E-state index contributed by atoms with van der Waals surface area (Å²) >= 11 is 0. The molecule has 29 heavy (non-hydrogen) atoms. The maximum Gasteiger partial charge on any atom is 0.305 e. The van der Waals surface area contributed by atoms with E-state index in [9.17, 15) is 9.59 Å². The number of benzene rings is 1. The number of rotatable bonds is 11. The van der Waals surface area contributed by atoms with E-state index in [0.717, 1.165) is 30.9 Å². The molecule has 2 rings (SSSR count). The van der Waals surface area contributed by atoms with Gasteiger partial charge in [-0.05, 0) is 24.1 Å². The summed E-state index contributed by atoms with van der Waals surface area (Å²) in [5.41, 5.74) is 1.06. The molecule has 1 heterocycles. The molecule has 1 unspecified atom stereocenters. The highest BCUT2D eigenvalue weighted by Crippen LogP contribution is 2.24. The normalized spacial score (nSPS) is 15.6. The van der Waals surface area contributed by atoms with Crippen LogP contribution >= 0.6 is 0 Å². The van der Waals surface area contributed by atoms with Gasteiger partial charge in [0.2, 0.25) is 5.91 Å². The van der Waals surface area contributed by atoms with E-state index in [-0.39, 0.29) is 24.4 Å². The molecule has 0 radical (unpaired) electrons. The van der Waals surface area contributed by atoms with Crippen molar-refractivity contribution in [3.63, 3.8) is 0 Å². The lowest BCUT2D eigenvalue weighted by Gasteiger charge is -2.36. The Morgan fingerprint density at radius 1 is 1.17 bits per heavy atom. The summed E-state index contributed by atoms with van der Waals surface area (Å²) in [5, 5.41) is 0. The third-order valence-corrected chi connectivity index (χ3v) is 5.03. The molecule has 1 aliphatic heterocycles. The Balaban J connectivity index is 1.85. The zero-order chi connectivity index (χ0) is 21.1. The molecule has 1 fully saturated rings. The Morgan fingerprint density at radius 3 is 2.59 bits per heavy atom. The third kappa shape index (κ3) is 7.51. The third-order valence-electron chi connectivity index (χ3n) is 5.03. The van der Waals surface area contributed by atoms with Gasteiger partial charge in [-0.2, -0.15) is 0 Å². The van der Waals surface area contributed by atoms with Crippen LogP contribution in [-0.2, 0) is 19.1 Å². The number of carbonyl (C=O) groups excluding carboxylic acids is 2. The molecular formula is C22H32N2O5. The van der Waals surface area contributed by atoms with E-state index in [2.05, 4.69) is 16.2 Å². The summed E-state index contributed by atoms with van der Waals surface area (Å²) in [4.78, 5) is 27.7. The Morgan fingerprint density at radius 2 is 1.93 bits per heavy atom. The summed E-state index contributed by atoms with van der Waals surface area (Å²) < 4.78 is 15.9. The topological polar surface area (TPSA) is 68.3 Å². The number of hydrogen-bond donors (Lipinski definition) is 0. The average Bonchev–Trinajstić information content (AvgIpc) is 2.76. The van der Waals surface area contributed by atoms with Crippen LogP contribution in [0.4, 0.5) is 0 Å². The highest BCUT2D eigenvalue weighted by molar-refractivity contribution is 5.77. The standard InChI is InChI=1S/C22H32N2O5/c1-4-15-29-20(18-7-5-8-19(16-18)27-2)17-23-11-13-24(14-12-23)21(25)9-6-10-22(26)28-3/h4-5,7-8,16,20H,1,6,9-15,17H2,2-3H3. The zero-order valence-corrected chi connectivity index (χ0v) is 17.5. The van der Waals surface area contributed by atoms with Gasteiger partial charge in [-0.3, -0.25) is 14.5 Å². The van der Waals surface area contributed by atoms with Gasteiger partial charge >= 0.3 is 5.97 Å². The second-order valence-electron chi connectivity index (χ2n) is 7.00. The van der Waals surface area contributed by atoms with Gasteiger partial charge in [-0.25, -0.2) is 0 Å². The van der Waals surface area contributed by atoms with Gasteiger partial charge < -0.3 is 19.1 Å². The number of carbonyl (C=O) groups is 2. The van der Waals surface area contributed by atoms with Gasteiger partial charge in [0, 0.05) is 45.6 Å². The van der Waals surface area contributed by atoms with Gasteiger partial charge in [-0.15, -0.1) is 6.58 Å². The number of hydrogen-bond acceptors (Lipinski definition) is 6. The van der Waals surface area contributed by atoms with Crippen LogP contribution in [0.15, 0.2) is 36.9 Å². The number of amides is 1. The lowest BCUT2D eigenvalue weighted by Crippen LogP contribution is -2.49. The molecule has 0 aliphatic carbocycles. The van der Waals surface area contributed by atoms with Crippen molar-refractivity contribution in [3.05, 3.63) is 42.5 Å². The van der Waals surface area contributed by atoms with Crippen LogP contribution in [0.5, 0.6) is 5.75 Å². The zero-order valence-electron chi connectivity index (χ0n) is 17.5. The number of methoxy groups -OCH3 is 2. The Bertz CT molecular complexity index is 671. The smallest absolute Gasteiger partial charge is 0.305 e. The van der Waals surface area contributed by atoms with Crippen LogP contribution in [0.2, 0.25) is 0 Å². The predicted molar refractivity (Wildman–Crippen MR) is 111 cm³/mol. The largest absolute Gasteiger partial charge is 0.497 e. The molecule has 7 nitrogen and oxygen atoms in total. The van der Waals surface area contributed by atoms with Gasteiger partial charge in [0.15, 0.2) is 0 Å². The monoisotopic (exact) mass is 404 g/mol. The Kier molecular flexibility index (Phi) is 9.67. The van der Waals surface area contributed by atoms with Crippen molar-refractivity contribution in [2.45, 2.75) is 25.4 Å². The molecule has 1 aromatic rings. The van der Waals surface area contributed by atoms with E-state index in [1.807, 2.05) is 29.2 Å². The van der Waals surface area contributed by atoms with Crippen molar-refractivity contribution >= 4 is 11.9 Å². The molecule has 0 bridgehead atoms. The summed E-state index contributed by atoms with van der Waals surface area (Å²) in [7, 11) is 3.01. The van der Waals surface area contributed by atoms with E-state index < -0.39 is 0 Å². The number of nitrogens with zero attached hydrogens (tertiary/aromatic N) is 2. The fraction of sp³-hybridized carbons (Fsp3) is 0.545. The van der Waals surface area contributed by atoms with Crippen molar-refractivity contribution in [3.8, 4) is 5.75 Å². The molecule has 0 spiro atoms. The first-order chi connectivity index (χ1) is 14.1. The number of piperazine rings is 1. The molecule has 0 saturated carbocycles. The van der Waals surface area contributed by atoms with E-state index in [4.69, 9.17) is 9.47 Å². The Hall–Kier alpha value is -2.38. The van der Waals surface area contributed by atoms with Crippen LogP contribution in [0, 0.1) is 0 Å². The van der Waals surface area contributed by atoms with Crippen molar-refractivity contribution in [1.82, 2.24) is 9.80 Å². The fourth-order valence-corrected chi connectivity index (χ4v) is 3.34. The summed E-state index contributed by atoms with van der Waals surface area (Å²) in [6.45, 7) is 7.91. The van der Waals surface area contributed by atoms with Crippen LogP contribution < -0.4 is 4.74 Å². The average molecular weight is 405 g/mol. The second kappa shape index (κ2) is 12.2. The molecule has 0 N–H and O–H groups in total. The van der Waals surface area contributed by atoms with Crippen molar-refractivity contribution in [2.24, 2.45) is 0 Å². The lowest BCUT2D eigenvalue weighted by atomic mass is 10.1. The Labute approximate surface area is 173 Å². The van der Waals surface area contributed by atoms with Crippen molar-refractivity contribution in [2.75, 3.05) is 53.6 Å². The van der Waals surface area contributed by atoms with Gasteiger partial charge in [0.05, 0.1) is 26.9 Å². The van der Waals surface area contributed by atoms with Crippen LogP contribution in [0.25, 0.3) is 0 Å². The van der Waals surface area contributed by atoms with Crippen LogP contribution in [0.3, 0.4) is 0 Å². The quantitative estimate of drug-likeness (QED) is 0.417. The molecule has 7 heteroatoms. The van der Waals surface area contributed by atoms with E-state index in [1.165, 1.54) is 7.11 Å². The first-order valence-corrected chi connectivity index (χ1v) is 10.0. The van der Waals surface area contributed by atoms with Crippen LogP contribution in [0.1, 0.15) is 30.9 Å². The van der Waals surface area contributed by atoms with Crippen molar-refractivity contribution < 1.29 is 23.8 Å². The van der Waals surface area contributed by atoms with Gasteiger partial charge in [0.1, 0.15) is 5.75 Å². The van der Waals surface area contributed by atoms with Gasteiger partial charge in [0.25, 0.3) is 0 Å². The summed E-state index contributed by atoms with van der Waals surface area (Å²) in [6.07, 6.45) is 2.84. The van der Waals surface area contributed by atoms with E-state index >= 15 is 0 Å². The number of ether oxygens (including phenoxy) is 3. The molecule has 160 valence electrons. The molecule has 1 aliphatic rings. The summed E-state index contributed by atoms with van der Waals surface area (Å²) in [6, 6.07) is 7.91. The predicted octanol–water partition coefficient (Wildman–Crippen LogP) is 2.43. The first-order valence-electron chi connectivity index (χ1n) is 10.0. The molecule has 1 aromatic carbocycles. The van der Waals surface area contributed by atoms with Crippen LogP contribution in [-0.4, -0.2) is 75.2 Å². The minimum Gasteiger partial charge on any atom is -0.497 e. The van der Waals surface area contributed by atoms with E-state index in [0.29, 0.717) is 32.5 Å². The van der Waals surface area contributed by atoms with Crippen molar-refractivity contribution in [1.29, 1.82) is 0 Å². The minimum absolute atomic E-state index is 0.0922. The summed E-state index contributed by atoms with van der Waals surface area (Å²) in [5.74, 6) is 0.628. The minimum atomic E-state index is -0.272. The molecule has 1 atom stereocenters. The number of esters is 1. The van der Waals surface area contributed by atoms with E-state index in [1.54, 1.807) is 13.2 Å². The fourth-order valence-electron chi connectivity index (χ4n) is 3.34.